The maximum atomic E-state index is 9.94. The molecule has 0 bridgehead atoms. The number of carboxylic acid groups (broad SMARTS) is 1. The summed E-state index contributed by atoms with van der Waals surface area (Å²) in [5.41, 5.74) is 0. The van der Waals surface area contributed by atoms with E-state index >= 15 is 0 Å². The summed E-state index contributed by atoms with van der Waals surface area (Å²) in [6.45, 7) is 3.47. The van der Waals surface area contributed by atoms with Crippen LogP contribution in [0.3, 0.4) is 0 Å². The van der Waals surface area contributed by atoms with Crippen LogP contribution < -0.4 is 0 Å². The monoisotopic (exact) mass is 138 g/mol. The molecular formula is C8H10O2. The van der Waals surface area contributed by atoms with Gasteiger partial charge in [0.2, 0.25) is 0 Å². The lowest BCUT2D eigenvalue weighted by Crippen LogP contribution is -1.91. The van der Waals surface area contributed by atoms with Crippen molar-refractivity contribution < 1.29 is 9.90 Å². The van der Waals surface area contributed by atoms with Crippen LogP contribution in [0, 0.1) is 11.8 Å². The maximum absolute atomic E-state index is 9.94. The first kappa shape index (κ1) is 8.77. The summed E-state index contributed by atoms with van der Waals surface area (Å²) in [6.07, 6.45) is 2.89. The van der Waals surface area contributed by atoms with Gasteiger partial charge in [0.05, 0.1) is 6.42 Å². The molecule has 0 aliphatic rings. The lowest BCUT2D eigenvalue weighted by atomic mass is 10.3. The van der Waals surface area contributed by atoms with E-state index in [-0.39, 0.29) is 6.42 Å². The van der Waals surface area contributed by atoms with Crippen molar-refractivity contribution in [1.29, 1.82) is 0 Å². The molecule has 0 aromatic heterocycles. The van der Waals surface area contributed by atoms with Gasteiger partial charge in [0.1, 0.15) is 0 Å². The number of aliphatic carboxylic acids is 1. The van der Waals surface area contributed by atoms with Gasteiger partial charge in [-0.15, -0.1) is 12.5 Å². The molecule has 2 heteroatoms. The molecule has 2 nitrogen and oxygen atoms in total. The number of carbonyl (C=O) groups is 1. The van der Waals surface area contributed by atoms with Crippen molar-refractivity contribution in [1.82, 2.24) is 0 Å². The maximum Gasteiger partial charge on any atom is 0.304 e. The molecule has 0 aliphatic carbocycles. The molecule has 1 N–H and O–H groups in total. The molecule has 0 aromatic carbocycles. The van der Waals surface area contributed by atoms with E-state index in [4.69, 9.17) is 5.11 Å². The van der Waals surface area contributed by atoms with E-state index in [9.17, 15) is 4.79 Å². The minimum Gasteiger partial charge on any atom is -0.481 e. The SMILES string of the molecule is C=CCC#CCCC(=O)O. The van der Waals surface area contributed by atoms with Gasteiger partial charge in [0.25, 0.3) is 0 Å². The second kappa shape index (κ2) is 5.90. The second-order valence-electron chi connectivity index (χ2n) is 1.74. The van der Waals surface area contributed by atoms with Gasteiger partial charge < -0.3 is 5.11 Å². The standard InChI is InChI=1S/C8H10O2/c1-2-3-4-5-6-7-8(9)10/h2H,1,3,6-7H2,(H,9,10). The zero-order valence-electron chi connectivity index (χ0n) is 5.76. The predicted octanol–water partition coefficient (Wildman–Crippen LogP) is 1.43. The highest BCUT2D eigenvalue weighted by Crippen LogP contribution is 1.85. The molecule has 0 aromatic rings. The van der Waals surface area contributed by atoms with Gasteiger partial charge in [-0.25, -0.2) is 0 Å². The highest BCUT2D eigenvalue weighted by molar-refractivity contribution is 5.66. The second-order valence-corrected chi connectivity index (χ2v) is 1.74. The summed E-state index contributed by atoms with van der Waals surface area (Å²) in [5.74, 6) is 4.68. The Morgan fingerprint density at radius 2 is 2.30 bits per heavy atom. The van der Waals surface area contributed by atoms with E-state index in [1.807, 2.05) is 0 Å². The highest BCUT2D eigenvalue weighted by Gasteiger charge is 1.90. The van der Waals surface area contributed by atoms with E-state index < -0.39 is 5.97 Å². The Bertz CT molecular complexity index is 171. The highest BCUT2D eigenvalue weighted by atomic mass is 16.4. The van der Waals surface area contributed by atoms with Crippen LogP contribution >= 0.6 is 0 Å². The quantitative estimate of drug-likeness (QED) is 0.473. The Labute approximate surface area is 60.6 Å². The first-order chi connectivity index (χ1) is 4.77. The molecule has 0 atom stereocenters. The van der Waals surface area contributed by atoms with Crippen LogP contribution in [0.5, 0.6) is 0 Å². The molecule has 0 aliphatic heterocycles. The summed E-state index contributed by atoms with van der Waals surface area (Å²) >= 11 is 0. The fraction of sp³-hybridized carbons (Fsp3) is 0.375. The van der Waals surface area contributed by atoms with Crippen LogP contribution in [-0.4, -0.2) is 11.1 Å². The van der Waals surface area contributed by atoms with Crippen LogP contribution in [0.15, 0.2) is 12.7 Å². The van der Waals surface area contributed by atoms with Crippen molar-refractivity contribution >= 4 is 5.97 Å². The number of allylic oxidation sites excluding steroid dienone is 1. The number of carboxylic acids is 1. The van der Waals surface area contributed by atoms with Crippen molar-refractivity contribution in [2.45, 2.75) is 19.3 Å². The Morgan fingerprint density at radius 1 is 1.60 bits per heavy atom. The first-order valence-corrected chi connectivity index (χ1v) is 3.05. The number of rotatable bonds is 3. The summed E-state index contributed by atoms with van der Waals surface area (Å²) in [4.78, 5) is 9.94. The average Bonchev–Trinajstić information content (AvgIpc) is 1.87. The molecule has 0 saturated carbocycles. The van der Waals surface area contributed by atoms with E-state index in [1.165, 1.54) is 0 Å². The van der Waals surface area contributed by atoms with Gasteiger partial charge in [0.15, 0.2) is 0 Å². The van der Waals surface area contributed by atoms with Gasteiger partial charge in [0, 0.05) is 12.8 Å². The van der Waals surface area contributed by atoms with Crippen molar-refractivity contribution in [3.05, 3.63) is 12.7 Å². The number of hydrogen-bond acceptors (Lipinski definition) is 1. The van der Waals surface area contributed by atoms with Crippen molar-refractivity contribution in [2.75, 3.05) is 0 Å². The molecular weight excluding hydrogens is 128 g/mol. The zero-order chi connectivity index (χ0) is 7.82. The fourth-order valence-corrected chi connectivity index (χ4v) is 0.402. The third kappa shape index (κ3) is 6.77. The first-order valence-electron chi connectivity index (χ1n) is 3.05. The molecule has 10 heavy (non-hydrogen) atoms. The summed E-state index contributed by atoms with van der Waals surface area (Å²) in [7, 11) is 0. The fourth-order valence-electron chi connectivity index (χ4n) is 0.402. The topological polar surface area (TPSA) is 37.3 Å². The number of hydrogen-bond donors (Lipinski definition) is 1. The zero-order valence-corrected chi connectivity index (χ0v) is 5.76. The van der Waals surface area contributed by atoms with Crippen LogP contribution in [0.1, 0.15) is 19.3 Å². The van der Waals surface area contributed by atoms with Gasteiger partial charge in [-0.05, 0) is 0 Å². The molecule has 0 fully saturated rings. The van der Waals surface area contributed by atoms with Gasteiger partial charge in [-0.1, -0.05) is 12.0 Å². The lowest BCUT2D eigenvalue weighted by molar-refractivity contribution is -0.136. The minimum absolute atomic E-state index is 0.129. The largest absolute Gasteiger partial charge is 0.481 e. The third-order valence-corrected chi connectivity index (χ3v) is 0.835. The van der Waals surface area contributed by atoms with E-state index in [0.717, 1.165) is 0 Å². The van der Waals surface area contributed by atoms with E-state index in [2.05, 4.69) is 18.4 Å². The summed E-state index contributed by atoms with van der Waals surface area (Å²) < 4.78 is 0. The Morgan fingerprint density at radius 3 is 2.80 bits per heavy atom. The van der Waals surface area contributed by atoms with Crippen molar-refractivity contribution in [3.63, 3.8) is 0 Å². The molecule has 0 spiro atoms. The average molecular weight is 138 g/mol. The molecule has 0 rings (SSSR count). The third-order valence-electron chi connectivity index (χ3n) is 0.835. The smallest absolute Gasteiger partial charge is 0.304 e. The van der Waals surface area contributed by atoms with Crippen LogP contribution in [0.2, 0.25) is 0 Å². The molecule has 0 radical (unpaired) electrons. The molecule has 0 amide bonds. The Hall–Kier alpha value is -1.23. The minimum atomic E-state index is -0.798. The predicted molar refractivity (Wildman–Crippen MR) is 39.5 cm³/mol. The van der Waals surface area contributed by atoms with Crippen LogP contribution in [0.4, 0.5) is 0 Å². The van der Waals surface area contributed by atoms with Gasteiger partial charge in [-0.2, -0.15) is 0 Å². The van der Waals surface area contributed by atoms with Gasteiger partial charge in [-0.3, -0.25) is 4.79 Å². The van der Waals surface area contributed by atoms with Crippen LogP contribution in [0.25, 0.3) is 0 Å². The summed E-state index contributed by atoms with van der Waals surface area (Å²) in [6, 6.07) is 0. The molecule has 0 heterocycles. The van der Waals surface area contributed by atoms with Crippen molar-refractivity contribution in [3.8, 4) is 11.8 Å². The molecule has 0 unspecified atom stereocenters. The van der Waals surface area contributed by atoms with Crippen LogP contribution in [-0.2, 0) is 4.79 Å². The normalized spacial score (nSPS) is 7.60. The van der Waals surface area contributed by atoms with Gasteiger partial charge >= 0.3 is 5.97 Å². The lowest BCUT2D eigenvalue weighted by Gasteiger charge is -1.82. The summed E-state index contributed by atoms with van der Waals surface area (Å²) in [5, 5.41) is 8.18. The Balaban J connectivity index is 3.28. The van der Waals surface area contributed by atoms with E-state index in [0.29, 0.717) is 12.8 Å². The molecule has 0 saturated heterocycles. The van der Waals surface area contributed by atoms with E-state index in [1.54, 1.807) is 6.08 Å². The Kier molecular flexibility index (Phi) is 5.17. The van der Waals surface area contributed by atoms with Crippen molar-refractivity contribution in [2.24, 2.45) is 0 Å². The molecule has 54 valence electrons.